The molecular weight excluding hydrogens is 759 g/mol. The van der Waals surface area contributed by atoms with Gasteiger partial charge in [-0.3, -0.25) is 0 Å². The van der Waals surface area contributed by atoms with Crippen molar-refractivity contribution < 1.29 is 0 Å². The fourth-order valence-electron chi connectivity index (χ4n) is 7.92. The van der Waals surface area contributed by atoms with Crippen molar-refractivity contribution in [3.63, 3.8) is 0 Å². The molecule has 0 radical (unpaired) electrons. The van der Waals surface area contributed by atoms with E-state index in [-0.39, 0.29) is 0 Å². The average Bonchev–Trinajstić information content (AvgIpc) is 3.34. The van der Waals surface area contributed by atoms with Gasteiger partial charge in [0.2, 0.25) is 0 Å². The van der Waals surface area contributed by atoms with Crippen LogP contribution in [0.1, 0.15) is 11.4 Å². The summed E-state index contributed by atoms with van der Waals surface area (Å²) in [6, 6.07) is 67.8. The lowest BCUT2D eigenvalue weighted by Gasteiger charge is -2.20. The normalized spacial score (nSPS) is 11.1. The predicted molar refractivity (Wildman–Crippen MR) is 249 cm³/mol. The van der Waals surface area contributed by atoms with Crippen molar-refractivity contribution in [2.75, 3.05) is 0 Å². The van der Waals surface area contributed by atoms with Gasteiger partial charge >= 0.3 is 0 Å². The molecule has 3 heterocycles. The van der Waals surface area contributed by atoms with E-state index in [1.165, 1.54) is 0 Å². The summed E-state index contributed by atoms with van der Waals surface area (Å²) < 4.78 is 0. The van der Waals surface area contributed by atoms with E-state index in [0.29, 0.717) is 29.1 Å². The minimum atomic E-state index is 0.566. The molecule has 0 aliphatic rings. The van der Waals surface area contributed by atoms with Gasteiger partial charge in [0.05, 0.1) is 11.4 Å². The van der Waals surface area contributed by atoms with Crippen molar-refractivity contribution in [3.8, 4) is 102 Å². The highest BCUT2D eigenvalue weighted by Crippen LogP contribution is 2.46. The first-order valence-electron chi connectivity index (χ1n) is 20.6. The summed E-state index contributed by atoms with van der Waals surface area (Å²) in [6.07, 6.45) is 0. The zero-order valence-electron chi connectivity index (χ0n) is 34.2. The first kappa shape index (κ1) is 37.9. The van der Waals surface area contributed by atoms with Crippen LogP contribution in [-0.2, 0) is 0 Å². The standard InChI is InChI=1S/C55H39N7/c1-36-34-37(2)57-55(56-36)47-33-19-32-44(42-28-15-18-31-46(42)54-61-52(40-24-11-5-12-25-40)60-53(62-54)41-26-13-6-14-27-41)50(47)45-30-17-16-29-43(45)49-35-48(38-20-7-3-8-21-38)58-51(59-49)39-22-9-4-10-23-39/h3-35H,1-2H3. The maximum Gasteiger partial charge on any atom is 0.164 e. The van der Waals surface area contributed by atoms with Gasteiger partial charge in [-0.05, 0) is 42.7 Å². The summed E-state index contributed by atoms with van der Waals surface area (Å²) >= 11 is 0. The fourth-order valence-corrected chi connectivity index (χ4v) is 7.92. The molecule has 0 aliphatic carbocycles. The maximum atomic E-state index is 5.29. The lowest BCUT2D eigenvalue weighted by atomic mass is 9.85. The van der Waals surface area contributed by atoms with Crippen LogP contribution in [0.25, 0.3) is 102 Å². The minimum Gasteiger partial charge on any atom is -0.233 e. The summed E-state index contributed by atoms with van der Waals surface area (Å²) in [5, 5.41) is 0. The molecule has 7 aromatic carbocycles. The molecule has 0 fully saturated rings. The van der Waals surface area contributed by atoms with Crippen molar-refractivity contribution in [3.05, 3.63) is 212 Å². The van der Waals surface area contributed by atoms with Crippen LogP contribution in [-0.4, -0.2) is 34.9 Å². The minimum absolute atomic E-state index is 0.566. The summed E-state index contributed by atoms with van der Waals surface area (Å²) in [5.74, 6) is 3.05. The molecule has 0 N–H and O–H groups in total. The van der Waals surface area contributed by atoms with Crippen LogP contribution in [0.15, 0.2) is 200 Å². The average molecular weight is 798 g/mol. The van der Waals surface area contributed by atoms with Crippen LogP contribution >= 0.6 is 0 Å². The molecule has 0 amide bonds. The molecule has 10 aromatic rings. The topological polar surface area (TPSA) is 90.2 Å². The third kappa shape index (κ3) is 7.67. The van der Waals surface area contributed by atoms with Gasteiger partial charge in [-0.25, -0.2) is 34.9 Å². The Morgan fingerprint density at radius 1 is 0.242 bits per heavy atom. The number of hydrogen-bond donors (Lipinski definition) is 0. The van der Waals surface area contributed by atoms with Crippen LogP contribution in [0.4, 0.5) is 0 Å². The number of nitrogens with zero attached hydrogens (tertiary/aromatic N) is 7. The van der Waals surface area contributed by atoms with Crippen LogP contribution in [0.2, 0.25) is 0 Å². The Balaban J connectivity index is 1.24. The summed E-state index contributed by atoms with van der Waals surface area (Å²) in [4.78, 5) is 35.8. The smallest absolute Gasteiger partial charge is 0.164 e. The van der Waals surface area contributed by atoms with Crippen LogP contribution < -0.4 is 0 Å². The second-order valence-electron chi connectivity index (χ2n) is 15.0. The van der Waals surface area contributed by atoms with Gasteiger partial charge in [0.1, 0.15) is 0 Å². The zero-order valence-corrected chi connectivity index (χ0v) is 34.2. The Hall–Kier alpha value is -8.29. The van der Waals surface area contributed by atoms with E-state index in [0.717, 1.165) is 84.0 Å². The van der Waals surface area contributed by atoms with Gasteiger partial charge in [-0.1, -0.05) is 188 Å². The fraction of sp³-hybridized carbons (Fsp3) is 0.0364. The van der Waals surface area contributed by atoms with Crippen molar-refractivity contribution in [2.24, 2.45) is 0 Å². The lowest BCUT2D eigenvalue weighted by molar-refractivity contribution is 1.06. The second kappa shape index (κ2) is 16.8. The van der Waals surface area contributed by atoms with E-state index < -0.39 is 0 Å². The molecular formula is C55H39N7. The van der Waals surface area contributed by atoms with Crippen LogP contribution in [0, 0.1) is 13.8 Å². The van der Waals surface area contributed by atoms with Crippen LogP contribution in [0.3, 0.4) is 0 Å². The van der Waals surface area contributed by atoms with E-state index in [2.05, 4.69) is 91.0 Å². The lowest BCUT2D eigenvalue weighted by Crippen LogP contribution is -2.02. The Morgan fingerprint density at radius 2 is 0.629 bits per heavy atom. The van der Waals surface area contributed by atoms with E-state index in [1.807, 2.05) is 123 Å². The number of aryl methyl sites for hydroxylation is 2. The van der Waals surface area contributed by atoms with E-state index in [1.54, 1.807) is 0 Å². The van der Waals surface area contributed by atoms with Gasteiger partial charge in [0.25, 0.3) is 0 Å². The molecule has 62 heavy (non-hydrogen) atoms. The second-order valence-corrected chi connectivity index (χ2v) is 15.0. The molecule has 3 aromatic heterocycles. The molecule has 0 spiro atoms. The first-order valence-corrected chi connectivity index (χ1v) is 20.6. The zero-order chi connectivity index (χ0) is 41.8. The van der Waals surface area contributed by atoms with Gasteiger partial charge in [0, 0.05) is 55.9 Å². The molecule has 7 heteroatoms. The van der Waals surface area contributed by atoms with Crippen molar-refractivity contribution in [1.29, 1.82) is 0 Å². The van der Waals surface area contributed by atoms with Gasteiger partial charge in [0.15, 0.2) is 29.1 Å². The van der Waals surface area contributed by atoms with Crippen molar-refractivity contribution in [2.45, 2.75) is 13.8 Å². The highest BCUT2D eigenvalue weighted by atomic mass is 15.0. The quantitative estimate of drug-likeness (QED) is 0.144. The predicted octanol–water partition coefficient (Wildman–Crippen LogP) is 13.1. The number of benzene rings is 7. The maximum absolute atomic E-state index is 5.29. The molecule has 7 nitrogen and oxygen atoms in total. The van der Waals surface area contributed by atoms with E-state index in [9.17, 15) is 0 Å². The molecule has 10 rings (SSSR count). The highest BCUT2D eigenvalue weighted by molar-refractivity contribution is 6.01. The number of rotatable bonds is 9. The van der Waals surface area contributed by atoms with Crippen molar-refractivity contribution >= 4 is 0 Å². The van der Waals surface area contributed by atoms with Gasteiger partial charge in [-0.2, -0.15) is 0 Å². The van der Waals surface area contributed by atoms with E-state index >= 15 is 0 Å². The largest absolute Gasteiger partial charge is 0.233 e. The summed E-state index contributed by atoms with van der Waals surface area (Å²) in [6.45, 7) is 4.02. The highest BCUT2D eigenvalue weighted by Gasteiger charge is 2.24. The van der Waals surface area contributed by atoms with Gasteiger partial charge in [-0.15, -0.1) is 0 Å². The van der Waals surface area contributed by atoms with Gasteiger partial charge < -0.3 is 0 Å². The molecule has 0 bridgehead atoms. The molecule has 0 saturated carbocycles. The number of aromatic nitrogens is 7. The first-order chi connectivity index (χ1) is 30.6. The Labute approximate surface area is 360 Å². The molecule has 0 atom stereocenters. The molecule has 294 valence electrons. The Bertz CT molecular complexity index is 3060. The SMILES string of the molecule is Cc1cc(C)nc(-c2cccc(-c3ccccc3-c3nc(-c4ccccc4)nc(-c4ccccc4)n3)c2-c2ccccc2-c2cc(-c3ccccc3)nc(-c3ccccc3)n2)n1. The Morgan fingerprint density at radius 3 is 1.19 bits per heavy atom. The summed E-state index contributed by atoms with van der Waals surface area (Å²) in [7, 11) is 0. The summed E-state index contributed by atoms with van der Waals surface area (Å²) in [5.41, 5.74) is 13.7. The third-order valence-electron chi connectivity index (χ3n) is 10.7. The van der Waals surface area contributed by atoms with Crippen molar-refractivity contribution in [1.82, 2.24) is 34.9 Å². The molecule has 0 unspecified atom stereocenters. The number of hydrogen-bond acceptors (Lipinski definition) is 7. The monoisotopic (exact) mass is 797 g/mol. The molecule has 0 aliphatic heterocycles. The Kier molecular flexibility index (Phi) is 10.3. The molecule has 0 saturated heterocycles. The van der Waals surface area contributed by atoms with E-state index in [4.69, 9.17) is 34.9 Å². The van der Waals surface area contributed by atoms with Crippen LogP contribution in [0.5, 0.6) is 0 Å². The third-order valence-corrected chi connectivity index (χ3v) is 10.7.